The van der Waals surface area contributed by atoms with Gasteiger partial charge in [-0.05, 0) is 31.7 Å². The molecule has 0 spiro atoms. The number of rotatable bonds is 4. The molecule has 2 aliphatic rings. The third-order valence-electron chi connectivity index (χ3n) is 4.52. The molecule has 4 nitrogen and oxygen atoms in total. The Balaban J connectivity index is 1.83. The van der Waals surface area contributed by atoms with E-state index in [0.717, 1.165) is 25.2 Å². The molecule has 20 heavy (non-hydrogen) atoms. The Hall–Kier alpha value is -1.13. The molecule has 110 valence electrons. The van der Waals surface area contributed by atoms with Gasteiger partial charge in [0.25, 0.3) is 0 Å². The molecule has 1 aromatic rings. The zero-order chi connectivity index (χ0) is 14.1. The van der Waals surface area contributed by atoms with E-state index in [1.54, 1.807) is 0 Å². The minimum atomic E-state index is -0.121. The molecular formula is C16H25N3O. The predicted molar refractivity (Wildman–Crippen MR) is 80.7 cm³/mol. The summed E-state index contributed by atoms with van der Waals surface area (Å²) in [4.78, 5) is 7.13. The first kappa shape index (κ1) is 13.8. The number of anilines is 1. The van der Waals surface area contributed by atoms with Crippen molar-refractivity contribution in [3.05, 3.63) is 23.9 Å². The predicted octanol–water partition coefficient (Wildman–Crippen LogP) is 2.07. The number of hydrogen-bond donors (Lipinski definition) is 2. The number of pyridine rings is 1. The molecule has 2 aliphatic heterocycles. The van der Waals surface area contributed by atoms with E-state index < -0.39 is 0 Å². The number of hydrogen-bond acceptors (Lipinski definition) is 4. The quantitative estimate of drug-likeness (QED) is 0.883. The summed E-state index contributed by atoms with van der Waals surface area (Å²) < 4.78 is 0. The first-order valence-electron chi connectivity index (χ1n) is 7.79. The second kappa shape index (κ2) is 5.70. The summed E-state index contributed by atoms with van der Waals surface area (Å²) in [5.74, 6) is 1.13. The van der Waals surface area contributed by atoms with Crippen LogP contribution in [0, 0.1) is 0 Å². The fourth-order valence-electron chi connectivity index (χ4n) is 3.61. The molecule has 3 heterocycles. The Labute approximate surface area is 121 Å². The zero-order valence-corrected chi connectivity index (χ0v) is 12.4. The second-order valence-corrected chi connectivity index (χ2v) is 6.44. The Morgan fingerprint density at radius 1 is 1.35 bits per heavy atom. The van der Waals surface area contributed by atoms with Crippen LogP contribution in [0.5, 0.6) is 0 Å². The third kappa shape index (κ3) is 2.67. The highest BCUT2D eigenvalue weighted by Gasteiger charge is 2.41. The van der Waals surface area contributed by atoms with Crippen molar-refractivity contribution >= 4 is 5.82 Å². The second-order valence-electron chi connectivity index (χ2n) is 6.44. The van der Waals surface area contributed by atoms with Crippen LogP contribution in [0.2, 0.25) is 0 Å². The van der Waals surface area contributed by atoms with Gasteiger partial charge in [-0.3, -0.25) is 0 Å². The first-order valence-corrected chi connectivity index (χ1v) is 7.79. The maximum atomic E-state index is 9.94. The van der Waals surface area contributed by atoms with Crippen LogP contribution in [0.3, 0.4) is 0 Å². The van der Waals surface area contributed by atoms with E-state index in [0.29, 0.717) is 18.1 Å². The van der Waals surface area contributed by atoms with Gasteiger partial charge in [-0.25, -0.2) is 4.98 Å². The summed E-state index contributed by atoms with van der Waals surface area (Å²) in [6.07, 6.45) is 5.93. The van der Waals surface area contributed by atoms with Crippen LogP contribution in [0.4, 0.5) is 5.82 Å². The highest BCUT2D eigenvalue weighted by Crippen LogP contribution is 2.39. The minimum Gasteiger partial charge on any atom is -0.393 e. The molecule has 0 radical (unpaired) electrons. The molecule has 2 N–H and O–H groups in total. The van der Waals surface area contributed by atoms with Crippen LogP contribution in [0.1, 0.15) is 45.1 Å². The largest absolute Gasteiger partial charge is 0.393 e. The average molecular weight is 275 g/mol. The summed E-state index contributed by atoms with van der Waals surface area (Å²) in [5, 5.41) is 13.4. The molecule has 2 unspecified atom stereocenters. The lowest BCUT2D eigenvalue weighted by Gasteiger charge is -2.39. The van der Waals surface area contributed by atoms with E-state index in [-0.39, 0.29) is 6.10 Å². The summed E-state index contributed by atoms with van der Waals surface area (Å²) >= 11 is 0. The number of aromatic nitrogens is 1. The van der Waals surface area contributed by atoms with E-state index >= 15 is 0 Å². The zero-order valence-electron chi connectivity index (χ0n) is 12.4. The Bertz CT molecular complexity index is 449. The Morgan fingerprint density at radius 2 is 2.05 bits per heavy atom. The molecule has 0 amide bonds. The van der Waals surface area contributed by atoms with Crippen LogP contribution < -0.4 is 10.2 Å². The van der Waals surface area contributed by atoms with Crippen molar-refractivity contribution in [2.24, 2.45) is 0 Å². The monoisotopic (exact) mass is 275 g/mol. The molecule has 1 aromatic heterocycles. The molecular weight excluding hydrogens is 250 g/mol. The normalized spacial score (nSPS) is 29.2. The molecule has 4 heteroatoms. The molecule has 0 aromatic carbocycles. The van der Waals surface area contributed by atoms with E-state index in [2.05, 4.69) is 35.1 Å². The van der Waals surface area contributed by atoms with Crippen molar-refractivity contribution in [2.45, 2.75) is 70.3 Å². The van der Waals surface area contributed by atoms with Crippen molar-refractivity contribution in [3.8, 4) is 0 Å². The Kier molecular flexibility index (Phi) is 3.94. The molecule has 3 rings (SSSR count). The molecule has 2 atom stereocenters. The van der Waals surface area contributed by atoms with Gasteiger partial charge in [0.15, 0.2) is 0 Å². The van der Waals surface area contributed by atoms with Gasteiger partial charge in [0.05, 0.1) is 6.10 Å². The van der Waals surface area contributed by atoms with Crippen LogP contribution >= 0.6 is 0 Å². The highest BCUT2D eigenvalue weighted by molar-refractivity contribution is 5.50. The fraction of sp³-hybridized carbons (Fsp3) is 0.688. The van der Waals surface area contributed by atoms with Crippen molar-refractivity contribution in [1.82, 2.24) is 10.3 Å². The van der Waals surface area contributed by atoms with Crippen molar-refractivity contribution < 1.29 is 5.11 Å². The van der Waals surface area contributed by atoms with E-state index in [1.165, 1.54) is 18.4 Å². The van der Waals surface area contributed by atoms with Crippen LogP contribution in [-0.4, -0.2) is 34.3 Å². The van der Waals surface area contributed by atoms with Crippen LogP contribution in [0.15, 0.2) is 18.3 Å². The maximum absolute atomic E-state index is 9.94. The molecule has 2 fully saturated rings. The highest BCUT2D eigenvalue weighted by atomic mass is 16.3. The van der Waals surface area contributed by atoms with Gasteiger partial charge >= 0.3 is 0 Å². The molecule has 0 saturated carbocycles. The topological polar surface area (TPSA) is 48.4 Å². The van der Waals surface area contributed by atoms with Gasteiger partial charge in [0.1, 0.15) is 5.82 Å². The summed E-state index contributed by atoms with van der Waals surface area (Å²) in [6.45, 7) is 5.19. The van der Waals surface area contributed by atoms with Gasteiger partial charge in [-0.1, -0.05) is 19.9 Å². The lowest BCUT2D eigenvalue weighted by Crippen LogP contribution is -2.45. The van der Waals surface area contributed by atoms with Crippen molar-refractivity contribution in [2.75, 3.05) is 4.90 Å². The van der Waals surface area contributed by atoms with Gasteiger partial charge in [0.2, 0.25) is 0 Å². The number of piperidine rings is 1. The standard InChI is InChI=1S/C16H25N3O/c1-11(2)18-10-12-4-3-7-17-16(12)19-13-5-6-14(19)9-15(20)8-13/h3-4,7,11,13-15,18,20H,5-6,8-10H2,1-2H3. The molecule has 2 bridgehead atoms. The van der Waals surface area contributed by atoms with Crippen LogP contribution in [0.25, 0.3) is 0 Å². The van der Waals surface area contributed by atoms with Gasteiger partial charge in [0, 0.05) is 36.4 Å². The number of fused-ring (bicyclic) bond motifs is 2. The third-order valence-corrected chi connectivity index (χ3v) is 4.52. The summed E-state index contributed by atoms with van der Waals surface area (Å²) in [5.41, 5.74) is 1.27. The molecule has 2 saturated heterocycles. The lowest BCUT2D eigenvalue weighted by molar-refractivity contribution is 0.126. The van der Waals surface area contributed by atoms with E-state index in [4.69, 9.17) is 0 Å². The Morgan fingerprint density at radius 3 is 2.70 bits per heavy atom. The molecule has 0 aliphatic carbocycles. The summed E-state index contributed by atoms with van der Waals surface area (Å²) in [7, 11) is 0. The minimum absolute atomic E-state index is 0.121. The first-order chi connectivity index (χ1) is 9.65. The van der Waals surface area contributed by atoms with Gasteiger partial charge in [-0.15, -0.1) is 0 Å². The average Bonchev–Trinajstić information content (AvgIpc) is 2.68. The van der Waals surface area contributed by atoms with Crippen molar-refractivity contribution in [1.29, 1.82) is 0 Å². The number of aliphatic hydroxyl groups excluding tert-OH is 1. The SMILES string of the molecule is CC(C)NCc1cccnc1N1C2CCC1CC(O)C2. The fourth-order valence-corrected chi connectivity index (χ4v) is 3.61. The van der Waals surface area contributed by atoms with Crippen LogP contribution in [-0.2, 0) is 6.54 Å². The number of nitrogens with zero attached hydrogens (tertiary/aromatic N) is 2. The van der Waals surface area contributed by atoms with E-state index in [9.17, 15) is 5.11 Å². The number of nitrogens with one attached hydrogen (secondary N) is 1. The van der Waals surface area contributed by atoms with E-state index in [1.807, 2.05) is 12.3 Å². The number of aliphatic hydroxyl groups is 1. The summed E-state index contributed by atoms with van der Waals surface area (Å²) in [6, 6.07) is 5.60. The van der Waals surface area contributed by atoms with Gasteiger partial charge < -0.3 is 15.3 Å². The lowest BCUT2D eigenvalue weighted by atomic mass is 9.99. The maximum Gasteiger partial charge on any atom is 0.133 e. The smallest absolute Gasteiger partial charge is 0.133 e. The van der Waals surface area contributed by atoms with Gasteiger partial charge in [-0.2, -0.15) is 0 Å². The van der Waals surface area contributed by atoms with Crippen molar-refractivity contribution in [3.63, 3.8) is 0 Å².